The maximum Gasteiger partial charge on any atom is 0.265 e. The van der Waals surface area contributed by atoms with Gasteiger partial charge in [-0.25, -0.2) is 0 Å². The number of hydrogen-bond donors (Lipinski definition) is 2. The molecule has 4 nitrogen and oxygen atoms in total. The van der Waals surface area contributed by atoms with Gasteiger partial charge in [-0.3, -0.25) is 4.79 Å². The van der Waals surface area contributed by atoms with Crippen LogP contribution in [0.1, 0.15) is 15.2 Å². The van der Waals surface area contributed by atoms with Crippen LogP contribution in [0.5, 0.6) is 5.75 Å². The van der Waals surface area contributed by atoms with Crippen LogP contribution in [0.2, 0.25) is 0 Å². The van der Waals surface area contributed by atoms with Crippen LogP contribution in [0.3, 0.4) is 0 Å². The van der Waals surface area contributed by atoms with Crippen molar-refractivity contribution in [3.8, 4) is 16.9 Å². The van der Waals surface area contributed by atoms with Crippen molar-refractivity contribution >= 4 is 40.6 Å². The third kappa shape index (κ3) is 5.48. The second kappa shape index (κ2) is 10.2. The van der Waals surface area contributed by atoms with E-state index in [9.17, 15) is 4.79 Å². The number of amides is 1. The van der Waals surface area contributed by atoms with Crippen LogP contribution in [-0.2, 0) is 6.61 Å². The lowest BCUT2D eigenvalue weighted by Crippen LogP contribution is -2.10. The molecule has 0 aliphatic heterocycles. The molecule has 1 aromatic heterocycles. The number of carbonyl (C=O) groups excluding carboxylic acids is 1. The van der Waals surface area contributed by atoms with Crippen molar-refractivity contribution in [1.29, 1.82) is 0 Å². The van der Waals surface area contributed by atoms with Crippen molar-refractivity contribution < 1.29 is 9.53 Å². The van der Waals surface area contributed by atoms with Crippen molar-refractivity contribution in [2.45, 2.75) is 6.61 Å². The zero-order valence-electron chi connectivity index (χ0n) is 17.0. The number of hydrogen-bond acceptors (Lipinski definition) is 5. The Kier molecular flexibility index (Phi) is 6.92. The number of ether oxygens (including phenoxy) is 1. The Balaban J connectivity index is 1.48. The normalized spacial score (nSPS) is 10.5. The second-order valence-electron chi connectivity index (χ2n) is 6.81. The lowest BCUT2D eigenvalue weighted by Gasteiger charge is -2.10. The maximum atomic E-state index is 12.8. The monoisotopic (exact) mass is 446 g/mol. The number of anilines is 2. The minimum absolute atomic E-state index is 0.125. The van der Waals surface area contributed by atoms with E-state index in [4.69, 9.17) is 4.74 Å². The lowest BCUT2D eigenvalue weighted by molar-refractivity contribution is 0.103. The van der Waals surface area contributed by atoms with E-state index in [2.05, 4.69) is 10.0 Å². The van der Waals surface area contributed by atoms with E-state index in [0.717, 1.165) is 33.8 Å². The predicted octanol–water partition coefficient (Wildman–Crippen LogP) is 6.94. The number of rotatable bonds is 8. The number of benzene rings is 3. The van der Waals surface area contributed by atoms with Gasteiger partial charge in [-0.05, 0) is 46.8 Å². The summed E-state index contributed by atoms with van der Waals surface area (Å²) in [7, 11) is 0. The number of thiophene rings is 1. The molecular formula is C25H22N2O2S2. The zero-order valence-corrected chi connectivity index (χ0v) is 18.6. The van der Waals surface area contributed by atoms with Gasteiger partial charge in [0.15, 0.2) is 0 Å². The van der Waals surface area contributed by atoms with Crippen molar-refractivity contribution in [2.75, 3.05) is 16.3 Å². The van der Waals surface area contributed by atoms with E-state index in [1.807, 2.05) is 96.6 Å². The Bertz CT molecular complexity index is 1160. The molecule has 0 radical (unpaired) electrons. The first-order valence-corrected chi connectivity index (χ1v) is 11.9. The fourth-order valence-electron chi connectivity index (χ4n) is 3.13. The van der Waals surface area contributed by atoms with Crippen LogP contribution in [0, 0.1) is 0 Å². The fraction of sp³-hybridized carbons (Fsp3) is 0.0800. The van der Waals surface area contributed by atoms with Gasteiger partial charge in [0.2, 0.25) is 0 Å². The summed E-state index contributed by atoms with van der Waals surface area (Å²) in [6.45, 7) is 0.496. The smallest absolute Gasteiger partial charge is 0.265 e. The Morgan fingerprint density at radius 3 is 2.55 bits per heavy atom. The highest BCUT2D eigenvalue weighted by Gasteiger charge is 2.13. The third-order valence-electron chi connectivity index (χ3n) is 4.60. The second-order valence-corrected chi connectivity index (χ2v) is 8.33. The summed E-state index contributed by atoms with van der Waals surface area (Å²) in [4.78, 5) is 13.4. The van der Waals surface area contributed by atoms with Crippen molar-refractivity contribution in [2.24, 2.45) is 0 Å². The fourth-order valence-corrected chi connectivity index (χ4v) is 4.30. The molecule has 0 fully saturated rings. The summed E-state index contributed by atoms with van der Waals surface area (Å²) in [5.74, 6) is 0.673. The van der Waals surface area contributed by atoms with E-state index in [0.29, 0.717) is 11.5 Å². The van der Waals surface area contributed by atoms with E-state index in [1.165, 1.54) is 23.3 Å². The molecule has 2 N–H and O–H groups in total. The Labute approximate surface area is 190 Å². The first-order chi connectivity index (χ1) is 15.2. The molecule has 0 aliphatic carbocycles. The standard InChI is InChI=1S/C25H22N2O2S2/c1-30-27-21-11-7-10-20(15-21)26-25(28)24-14-19(17-31-24)22-12-5-6-13-23(22)29-16-18-8-3-2-4-9-18/h2-15,17,27H,16H2,1H3,(H,26,28). The highest BCUT2D eigenvalue weighted by molar-refractivity contribution is 7.99. The van der Waals surface area contributed by atoms with Gasteiger partial charge < -0.3 is 14.8 Å². The summed E-state index contributed by atoms with van der Waals surface area (Å²) < 4.78 is 9.24. The molecule has 1 amide bonds. The summed E-state index contributed by atoms with van der Waals surface area (Å²) in [6.07, 6.45) is 1.96. The van der Waals surface area contributed by atoms with E-state index < -0.39 is 0 Å². The molecule has 6 heteroatoms. The summed E-state index contributed by atoms with van der Waals surface area (Å²) in [5.41, 5.74) is 4.75. The van der Waals surface area contributed by atoms with Crippen LogP contribution in [0.25, 0.3) is 11.1 Å². The summed E-state index contributed by atoms with van der Waals surface area (Å²) in [6, 6.07) is 27.6. The Morgan fingerprint density at radius 1 is 0.935 bits per heavy atom. The van der Waals surface area contributed by atoms with Crippen LogP contribution >= 0.6 is 23.3 Å². The van der Waals surface area contributed by atoms with Gasteiger partial charge in [-0.15, -0.1) is 11.3 Å². The molecule has 4 rings (SSSR count). The number of carbonyl (C=O) groups is 1. The lowest BCUT2D eigenvalue weighted by atomic mass is 10.1. The van der Waals surface area contributed by atoms with Gasteiger partial charge in [-0.1, -0.05) is 66.5 Å². The number of para-hydroxylation sites is 1. The van der Waals surface area contributed by atoms with Gasteiger partial charge in [0.25, 0.3) is 5.91 Å². The van der Waals surface area contributed by atoms with Crippen LogP contribution in [0.4, 0.5) is 11.4 Å². The molecule has 0 unspecified atom stereocenters. The largest absolute Gasteiger partial charge is 0.488 e. The first kappa shape index (κ1) is 21.0. The summed E-state index contributed by atoms with van der Waals surface area (Å²) in [5, 5.41) is 4.97. The Morgan fingerprint density at radius 2 is 1.71 bits per heavy atom. The van der Waals surface area contributed by atoms with Gasteiger partial charge >= 0.3 is 0 Å². The quantitative estimate of drug-likeness (QED) is 0.288. The molecule has 3 aromatic carbocycles. The molecule has 156 valence electrons. The van der Waals surface area contributed by atoms with Crippen molar-refractivity contribution in [3.63, 3.8) is 0 Å². The van der Waals surface area contributed by atoms with E-state index in [-0.39, 0.29) is 5.91 Å². The SMILES string of the molecule is CSNc1cccc(NC(=O)c2cc(-c3ccccc3OCc3ccccc3)cs2)c1. The number of nitrogens with one attached hydrogen (secondary N) is 2. The molecule has 0 aliphatic rings. The highest BCUT2D eigenvalue weighted by Crippen LogP contribution is 2.34. The molecular weight excluding hydrogens is 424 g/mol. The van der Waals surface area contributed by atoms with Crippen molar-refractivity contribution in [3.05, 3.63) is 101 Å². The first-order valence-electron chi connectivity index (χ1n) is 9.78. The third-order valence-corrected chi connectivity index (χ3v) is 5.97. The minimum atomic E-state index is -0.125. The molecule has 0 spiro atoms. The molecule has 4 aromatic rings. The average Bonchev–Trinajstić information content (AvgIpc) is 3.29. The maximum absolute atomic E-state index is 12.8. The minimum Gasteiger partial charge on any atom is -0.488 e. The molecule has 1 heterocycles. The zero-order chi connectivity index (χ0) is 21.5. The highest BCUT2D eigenvalue weighted by atomic mass is 32.2. The van der Waals surface area contributed by atoms with Crippen LogP contribution in [0.15, 0.2) is 90.3 Å². The van der Waals surface area contributed by atoms with Gasteiger partial charge in [-0.2, -0.15) is 0 Å². The van der Waals surface area contributed by atoms with Crippen molar-refractivity contribution in [1.82, 2.24) is 0 Å². The summed E-state index contributed by atoms with van der Waals surface area (Å²) >= 11 is 2.93. The topological polar surface area (TPSA) is 50.4 Å². The molecule has 0 saturated heterocycles. The molecule has 0 saturated carbocycles. The molecule has 0 atom stereocenters. The van der Waals surface area contributed by atoms with Gasteiger partial charge in [0.05, 0.1) is 4.88 Å². The average molecular weight is 447 g/mol. The van der Waals surface area contributed by atoms with Crippen LogP contribution < -0.4 is 14.8 Å². The molecule has 0 bridgehead atoms. The van der Waals surface area contributed by atoms with Gasteiger partial charge in [0, 0.05) is 23.2 Å². The van der Waals surface area contributed by atoms with E-state index in [1.54, 1.807) is 0 Å². The molecule has 31 heavy (non-hydrogen) atoms. The van der Waals surface area contributed by atoms with E-state index >= 15 is 0 Å². The Hall–Kier alpha value is -3.22. The predicted molar refractivity (Wildman–Crippen MR) is 132 cm³/mol. The van der Waals surface area contributed by atoms with Crippen LogP contribution in [-0.4, -0.2) is 12.2 Å². The van der Waals surface area contributed by atoms with Gasteiger partial charge in [0.1, 0.15) is 12.4 Å².